The van der Waals surface area contributed by atoms with Crippen LogP contribution in [0, 0.1) is 17.1 Å². The Bertz CT molecular complexity index is 541. The van der Waals surface area contributed by atoms with E-state index in [0.717, 1.165) is 6.07 Å². The van der Waals surface area contributed by atoms with Crippen molar-refractivity contribution in [2.75, 3.05) is 0 Å². The van der Waals surface area contributed by atoms with E-state index in [-0.39, 0.29) is 27.6 Å². The third-order valence-electron chi connectivity index (χ3n) is 1.66. The Morgan fingerprint density at radius 1 is 1.35 bits per heavy atom. The maximum absolute atomic E-state index is 13.3. The number of benzene rings is 1. The molecule has 88 valence electrons. The predicted octanol–water partition coefficient (Wildman–Crippen LogP) is 0.679. The highest BCUT2D eigenvalue weighted by Gasteiger charge is 2.11. The Kier molecular flexibility index (Phi) is 4.01. The van der Waals surface area contributed by atoms with Crippen molar-refractivity contribution < 1.29 is 4.39 Å². The summed E-state index contributed by atoms with van der Waals surface area (Å²) in [6, 6.07) is 4.27. The van der Waals surface area contributed by atoms with Gasteiger partial charge in [-0.2, -0.15) is 10.3 Å². The highest BCUT2D eigenvalue weighted by molar-refractivity contribution is 9.10. The summed E-state index contributed by atoms with van der Waals surface area (Å²) in [5.41, 5.74) is 15.8. The Morgan fingerprint density at radius 2 is 2.00 bits per heavy atom. The number of hydrogen-bond acceptors (Lipinski definition) is 2. The lowest BCUT2D eigenvalue weighted by Crippen LogP contribution is -2.26. The van der Waals surface area contributed by atoms with Gasteiger partial charge in [0.05, 0.1) is 10.0 Å². The van der Waals surface area contributed by atoms with Gasteiger partial charge in [0.2, 0.25) is 5.96 Å². The van der Waals surface area contributed by atoms with E-state index in [1.54, 1.807) is 0 Å². The number of aliphatic imine (C=N–C) groups is 2. The maximum atomic E-state index is 13.3. The van der Waals surface area contributed by atoms with Crippen LogP contribution in [-0.4, -0.2) is 11.9 Å². The lowest BCUT2D eigenvalue weighted by molar-refractivity contribution is 0.621. The quantitative estimate of drug-likeness (QED) is 0.520. The highest BCUT2D eigenvalue weighted by atomic mass is 79.9. The molecule has 1 rings (SSSR count). The second-order valence-electron chi connectivity index (χ2n) is 2.88. The number of halogens is 2. The zero-order valence-electron chi connectivity index (χ0n) is 8.48. The van der Waals surface area contributed by atoms with Crippen LogP contribution in [0.5, 0.6) is 0 Å². The molecular formula is C9H8BrFN6. The normalized spacial score (nSPS) is 10.8. The second-order valence-corrected chi connectivity index (χ2v) is 3.67. The second kappa shape index (κ2) is 5.27. The van der Waals surface area contributed by atoms with Crippen molar-refractivity contribution in [3.05, 3.63) is 28.0 Å². The Balaban J connectivity index is 3.36. The molecule has 0 aromatic heterocycles. The van der Waals surface area contributed by atoms with Gasteiger partial charge in [-0.3, -0.25) is 0 Å². The van der Waals surface area contributed by atoms with Crippen molar-refractivity contribution in [1.82, 2.24) is 0 Å². The van der Waals surface area contributed by atoms with E-state index in [0.29, 0.717) is 0 Å². The molecule has 0 bridgehead atoms. The van der Waals surface area contributed by atoms with Crippen molar-refractivity contribution >= 4 is 33.5 Å². The minimum absolute atomic E-state index is 0.0188. The Morgan fingerprint density at radius 3 is 2.53 bits per heavy atom. The molecule has 1 aromatic carbocycles. The molecule has 0 aliphatic heterocycles. The van der Waals surface area contributed by atoms with Gasteiger partial charge in [-0.05, 0) is 28.1 Å². The van der Waals surface area contributed by atoms with Crippen LogP contribution in [0.15, 0.2) is 26.6 Å². The minimum atomic E-state index is -0.569. The van der Waals surface area contributed by atoms with Gasteiger partial charge < -0.3 is 17.2 Å². The molecule has 0 spiro atoms. The summed E-state index contributed by atoms with van der Waals surface area (Å²) in [5.74, 6) is -1.12. The molecule has 0 fully saturated rings. The van der Waals surface area contributed by atoms with Crippen LogP contribution in [0.25, 0.3) is 0 Å². The largest absolute Gasteiger partial charge is 0.370 e. The average Bonchev–Trinajstić information content (AvgIpc) is 2.24. The van der Waals surface area contributed by atoms with E-state index in [1.807, 2.05) is 6.07 Å². The van der Waals surface area contributed by atoms with E-state index >= 15 is 0 Å². The molecule has 17 heavy (non-hydrogen) atoms. The Labute approximate surface area is 105 Å². The fourth-order valence-electron chi connectivity index (χ4n) is 1.01. The maximum Gasteiger partial charge on any atom is 0.223 e. The molecule has 0 saturated carbocycles. The number of rotatable bonds is 1. The molecule has 0 aliphatic carbocycles. The molecule has 6 N–H and O–H groups in total. The first-order valence-electron chi connectivity index (χ1n) is 4.27. The number of nitrogens with two attached hydrogens (primary N) is 3. The topological polar surface area (TPSA) is 127 Å². The van der Waals surface area contributed by atoms with Gasteiger partial charge in [-0.25, -0.2) is 9.38 Å². The van der Waals surface area contributed by atoms with E-state index in [1.165, 1.54) is 6.07 Å². The van der Waals surface area contributed by atoms with Gasteiger partial charge in [0.15, 0.2) is 5.96 Å². The van der Waals surface area contributed by atoms with Crippen molar-refractivity contribution in [2.45, 2.75) is 0 Å². The summed E-state index contributed by atoms with van der Waals surface area (Å²) >= 11 is 2.97. The fourth-order valence-corrected chi connectivity index (χ4v) is 1.45. The minimum Gasteiger partial charge on any atom is -0.370 e. The van der Waals surface area contributed by atoms with Crippen LogP contribution >= 0.6 is 15.9 Å². The van der Waals surface area contributed by atoms with Crippen LogP contribution in [0.2, 0.25) is 0 Å². The summed E-state index contributed by atoms with van der Waals surface area (Å²) < 4.78 is 13.3. The summed E-state index contributed by atoms with van der Waals surface area (Å²) in [6.07, 6.45) is 0. The van der Waals surface area contributed by atoms with Crippen LogP contribution in [0.4, 0.5) is 10.1 Å². The summed E-state index contributed by atoms with van der Waals surface area (Å²) in [6.45, 7) is 0. The van der Waals surface area contributed by atoms with Crippen LogP contribution in [0.3, 0.4) is 0 Å². The number of nitriles is 1. The fraction of sp³-hybridized carbons (Fsp3) is 0. The standard InChI is InChI=1S/C9H8BrFN6/c10-6-5(11)2-1-4(3-12)7(6)16-9(15)17-8(13)14/h1-2H,(H6,13,14,15,16,17). The molecule has 0 heterocycles. The molecule has 0 radical (unpaired) electrons. The Hall–Kier alpha value is -2.14. The number of guanidine groups is 2. The van der Waals surface area contributed by atoms with E-state index < -0.39 is 5.82 Å². The predicted molar refractivity (Wildman–Crippen MR) is 65.9 cm³/mol. The summed E-state index contributed by atoms with van der Waals surface area (Å²) in [4.78, 5) is 7.23. The lowest BCUT2D eigenvalue weighted by atomic mass is 10.2. The number of hydrogen-bond donors (Lipinski definition) is 3. The summed E-state index contributed by atoms with van der Waals surface area (Å²) in [7, 11) is 0. The molecule has 0 aliphatic rings. The van der Waals surface area contributed by atoms with Gasteiger partial charge in [-0.15, -0.1) is 0 Å². The molecule has 0 unspecified atom stereocenters. The zero-order valence-corrected chi connectivity index (χ0v) is 10.1. The highest BCUT2D eigenvalue weighted by Crippen LogP contribution is 2.31. The van der Waals surface area contributed by atoms with Crippen LogP contribution in [0.1, 0.15) is 5.56 Å². The molecule has 0 atom stereocenters. The molecular weight excluding hydrogens is 291 g/mol. The molecule has 0 amide bonds. The molecule has 1 aromatic rings. The van der Waals surface area contributed by atoms with Crippen molar-refractivity contribution in [2.24, 2.45) is 27.2 Å². The van der Waals surface area contributed by atoms with Crippen molar-refractivity contribution in [1.29, 1.82) is 5.26 Å². The molecule has 8 heteroatoms. The van der Waals surface area contributed by atoms with Crippen LogP contribution in [-0.2, 0) is 0 Å². The van der Waals surface area contributed by atoms with E-state index in [9.17, 15) is 4.39 Å². The molecule has 0 saturated heterocycles. The van der Waals surface area contributed by atoms with Crippen molar-refractivity contribution in [3.8, 4) is 6.07 Å². The third-order valence-corrected chi connectivity index (χ3v) is 2.41. The SMILES string of the molecule is N#Cc1ccc(F)c(Br)c1N=C(N)N=C(N)N. The van der Waals surface area contributed by atoms with Gasteiger partial charge in [0.1, 0.15) is 17.6 Å². The first-order valence-corrected chi connectivity index (χ1v) is 5.07. The van der Waals surface area contributed by atoms with Crippen molar-refractivity contribution in [3.63, 3.8) is 0 Å². The van der Waals surface area contributed by atoms with Gasteiger partial charge in [0.25, 0.3) is 0 Å². The first kappa shape index (κ1) is 12.9. The number of nitrogens with zero attached hydrogens (tertiary/aromatic N) is 3. The average molecular weight is 299 g/mol. The first-order chi connectivity index (χ1) is 7.95. The monoisotopic (exact) mass is 298 g/mol. The van der Waals surface area contributed by atoms with Gasteiger partial charge in [-0.1, -0.05) is 0 Å². The van der Waals surface area contributed by atoms with Gasteiger partial charge >= 0.3 is 0 Å². The lowest BCUT2D eigenvalue weighted by Gasteiger charge is -2.02. The van der Waals surface area contributed by atoms with Gasteiger partial charge in [0, 0.05) is 0 Å². The summed E-state index contributed by atoms with van der Waals surface area (Å²) in [5, 5.41) is 8.84. The third kappa shape index (κ3) is 3.15. The smallest absolute Gasteiger partial charge is 0.223 e. The molecule has 6 nitrogen and oxygen atoms in total. The zero-order chi connectivity index (χ0) is 13.0. The van der Waals surface area contributed by atoms with Crippen LogP contribution < -0.4 is 17.2 Å². The van der Waals surface area contributed by atoms with E-state index in [4.69, 9.17) is 22.5 Å². The van der Waals surface area contributed by atoms with E-state index in [2.05, 4.69) is 25.9 Å².